The van der Waals surface area contributed by atoms with Crippen LogP contribution in [-0.2, 0) is 22.6 Å². The summed E-state index contributed by atoms with van der Waals surface area (Å²) in [6, 6.07) is 13.2. The Morgan fingerprint density at radius 1 is 1.16 bits per heavy atom. The molecule has 2 aromatic carbocycles. The first-order valence-electron chi connectivity index (χ1n) is 10.3. The molecule has 2 atom stereocenters. The van der Waals surface area contributed by atoms with E-state index in [1.54, 1.807) is 30.3 Å². The van der Waals surface area contributed by atoms with Crippen LogP contribution in [0.25, 0.3) is 5.76 Å². The molecule has 0 aliphatic carbocycles. The largest absolute Gasteiger partial charge is 0.507 e. The summed E-state index contributed by atoms with van der Waals surface area (Å²) in [6.07, 6.45) is 2.19. The number of ether oxygens (including phenoxy) is 1. The molecule has 3 aromatic rings. The molecule has 7 heteroatoms. The number of hydrogen-bond acceptors (Lipinski definition) is 5. The molecule has 1 aromatic heterocycles. The molecule has 2 aliphatic heterocycles. The molecule has 1 fully saturated rings. The monoisotopic (exact) mass is 433 g/mol. The van der Waals surface area contributed by atoms with Gasteiger partial charge in [-0.15, -0.1) is 0 Å². The summed E-state index contributed by atoms with van der Waals surface area (Å²) in [7, 11) is 0. The number of carbonyl (C=O) groups excluding carboxylic acids is 2. The van der Waals surface area contributed by atoms with Crippen LogP contribution in [-0.4, -0.2) is 27.8 Å². The second kappa shape index (κ2) is 7.67. The minimum absolute atomic E-state index is 0.0282. The van der Waals surface area contributed by atoms with E-state index in [9.17, 15) is 19.1 Å². The van der Waals surface area contributed by atoms with Crippen LogP contribution in [0.2, 0.25) is 0 Å². The van der Waals surface area contributed by atoms with Crippen molar-refractivity contribution >= 4 is 17.4 Å². The molecule has 1 saturated heterocycles. The van der Waals surface area contributed by atoms with Gasteiger partial charge in [-0.05, 0) is 60.5 Å². The molecule has 5 rings (SSSR count). The lowest BCUT2D eigenvalue weighted by Gasteiger charge is -2.24. The van der Waals surface area contributed by atoms with E-state index in [0.29, 0.717) is 23.3 Å². The van der Waals surface area contributed by atoms with Gasteiger partial charge in [0.15, 0.2) is 0 Å². The van der Waals surface area contributed by atoms with Crippen LogP contribution in [0.1, 0.15) is 35.4 Å². The molecule has 162 valence electrons. The quantitative estimate of drug-likeness (QED) is 0.376. The smallest absolute Gasteiger partial charge is 0.296 e. The molecule has 1 N–H and O–H groups in total. The summed E-state index contributed by atoms with van der Waals surface area (Å²) in [6.45, 7) is 1.99. The fraction of sp³-hybridized carbons (Fsp3) is 0.200. The number of ketones is 1. The summed E-state index contributed by atoms with van der Waals surface area (Å²) < 4.78 is 24.6. The van der Waals surface area contributed by atoms with E-state index in [0.717, 1.165) is 11.3 Å². The number of halogens is 1. The number of nitrogens with zero attached hydrogens (tertiary/aromatic N) is 1. The highest BCUT2D eigenvalue weighted by molar-refractivity contribution is 6.46. The number of fused-ring (bicyclic) bond motifs is 1. The number of carbonyl (C=O) groups is 2. The maximum Gasteiger partial charge on any atom is 0.296 e. The predicted molar refractivity (Wildman–Crippen MR) is 113 cm³/mol. The van der Waals surface area contributed by atoms with Gasteiger partial charge in [-0.25, -0.2) is 4.39 Å². The number of aliphatic hydroxyl groups is 1. The number of benzene rings is 2. The van der Waals surface area contributed by atoms with E-state index in [1.807, 2.05) is 6.92 Å². The van der Waals surface area contributed by atoms with Crippen molar-refractivity contribution in [3.63, 3.8) is 0 Å². The predicted octanol–water partition coefficient (Wildman–Crippen LogP) is 4.36. The Morgan fingerprint density at radius 2 is 1.94 bits per heavy atom. The van der Waals surface area contributed by atoms with Crippen molar-refractivity contribution in [3.8, 4) is 5.75 Å². The van der Waals surface area contributed by atoms with E-state index in [2.05, 4.69) is 0 Å². The molecular formula is C25H20FNO5. The number of likely N-dealkylation sites (tertiary alicyclic amines) is 1. The molecule has 0 radical (unpaired) electrons. The maximum absolute atomic E-state index is 13.6. The van der Waals surface area contributed by atoms with Crippen LogP contribution in [0, 0.1) is 5.82 Å². The Labute approximate surface area is 183 Å². The van der Waals surface area contributed by atoms with Crippen molar-refractivity contribution in [1.82, 2.24) is 4.90 Å². The molecule has 1 amide bonds. The fourth-order valence-electron chi connectivity index (χ4n) is 4.33. The van der Waals surface area contributed by atoms with Crippen molar-refractivity contribution in [2.75, 3.05) is 0 Å². The number of amides is 1. The standard InChI is InChI=1S/C25H20FNO5/c1-14-11-17-12-16(6-9-20(17)32-14)23(28)21-22(15-4-7-18(26)8-5-15)27(25(30)24(21)29)13-19-3-2-10-31-19/h2-10,12,14,22,28H,11,13H2,1H3. The second-order valence-electron chi connectivity index (χ2n) is 8.01. The Kier molecular flexibility index (Phi) is 4.81. The maximum atomic E-state index is 13.6. The first kappa shape index (κ1) is 20.1. The van der Waals surface area contributed by atoms with Gasteiger partial charge in [0.2, 0.25) is 0 Å². The van der Waals surface area contributed by atoms with E-state index < -0.39 is 23.5 Å². The summed E-state index contributed by atoms with van der Waals surface area (Å²) in [5.41, 5.74) is 1.81. The molecule has 3 heterocycles. The number of hydrogen-bond donors (Lipinski definition) is 1. The summed E-state index contributed by atoms with van der Waals surface area (Å²) in [5, 5.41) is 11.2. The van der Waals surface area contributed by atoms with E-state index in [-0.39, 0.29) is 24.0 Å². The molecule has 2 unspecified atom stereocenters. The van der Waals surface area contributed by atoms with Gasteiger partial charge in [-0.2, -0.15) is 0 Å². The van der Waals surface area contributed by atoms with Gasteiger partial charge in [0.25, 0.3) is 11.7 Å². The van der Waals surface area contributed by atoms with Gasteiger partial charge in [0.1, 0.15) is 29.2 Å². The Hall–Kier alpha value is -3.87. The van der Waals surface area contributed by atoms with Crippen LogP contribution in [0.5, 0.6) is 5.75 Å². The first-order valence-corrected chi connectivity index (χ1v) is 10.3. The zero-order chi connectivity index (χ0) is 22.4. The van der Waals surface area contributed by atoms with E-state index in [4.69, 9.17) is 9.15 Å². The molecule has 0 bridgehead atoms. The van der Waals surface area contributed by atoms with Crippen molar-refractivity contribution in [2.24, 2.45) is 0 Å². The highest BCUT2D eigenvalue weighted by Crippen LogP contribution is 2.41. The van der Waals surface area contributed by atoms with Gasteiger partial charge < -0.3 is 19.2 Å². The van der Waals surface area contributed by atoms with Crippen molar-refractivity contribution in [2.45, 2.75) is 32.0 Å². The van der Waals surface area contributed by atoms with Gasteiger partial charge in [-0.3, -0.25) is 9.59 Å². The fourth-order valence-corrected chi connectivity index (χ4v) is 4.33. The lowest BCUT2D eigenvalue weighted by molar-refractivity contribution is -0.140. The van der Waals surface area contributed by atoms with Crippen LogP contribution >= 0.6 is 0 Å². The molecule has 2 aliphatic rings. The third-order valence-electron chi connectivity index (χ3n) is 5.80. The number of Topliss-reactive ketones (excluding diaryl/α,β-unsaturated/α-hetero) is 1. The molecule has 0 spiro atoms. The number of rotatable bonds is 4. The Morgan fingerprint density at radius 3 is 2.66 bits per heavy atom. The number of furan rings is 1. The lowest BCUT2D eigenvalue weighted by atomic mass is 9.94. The second-order valence-corrected chi connectivity index (χ2v) is 8.01. The van der Waals surface area contributed by atoms with Crippen molar-refractivity contribution in [1.29, 1.82) is 0 Å². The summed E-state index contributed by atoms with van der Waals surface area (Å²) in [5.74, 6) is -1.04. The molecular weight excluding hydrogens is 413 g/mol. The average Bonchev–Trinajstić information content (AvgIpc) is 3.48. The van der Waals surface area contributed by atoms with Crippen molar-refractivity contribution < 1.29 is 28.2 Å². The normalized spacial score (nSPS) is 21.6. The van der Waals surface area contributed by atoms with Crippen LogP contribution < -0.4 is 4.74 Å². The van der Waals surface area contributed by atoms with E-state index >= 15 is 0 Å². The average molecular weight is 433 g/mol. The molecule has 6 nitrogen and oxygen atoms in total. The van der Waals surface area contributed by atoms with Gasteiger partial charge in [-0.1, -0.05) is 12.1 Å². The summed E-state index contributed by atoms with van der Waals surface area (Å²) in [4.78, 5) is 27.3. The zero-order valence-corrected chi connectivity index (χ0v) is 17.2. The van der Waals surface area contributed by atoms with Crippen LogP contribution in [0.15, 0.2) is 70.9 Å². The van der Waals surface area contributed by atoms with E-state index in [1.165, 1.54) is 35.4 Å². The third-order valence-corrected chi connectivity index (χ3v) is 5.80. The first-order chi connectivity index (χ1) is 15.4. The lowest BCUT2D eigenvalue weighted by Crippen LogP contribution is -2.29. The molecule has 32 heavy (non-hydrogen) atoms. The Balaban J connectivity index is 1.63. The highest BCUT2D eigenvalue weighted by atomic mass is 19.1. The van der Waals surface area contributed by atoms with Crippen LogP contribution in [0.3, 0.4) is 0 Å². The van der Waals surface area contributed by atoms with Crippen LogP contribution in [0.4, 0.5) is 4.39 Å². The van der Waals surface area contributed by atoms with Gasteiger partial charge in [0, 0.05) is 12.0 Å². The minimum Gasteiger partial charge on any atom is -0.507 e. The van der Waals surface area contributed by atoms with Gasteiger partial charge in [0.05, 0.1) is 24.4 Å². The minimum atomic E-state index is -0.885. The third kappa shape index (κ3) is 3.36. The summed E-state index contributed by atoms with van der Waals surface area (Å²) >= 11 is 0. The molecule has 0 saturated carbocycles. The highest BCUT2D eigenvalue weighted by Gasteiger charge is 2.46. The number of aliphatic hydroxyl groups excluding tert-OH is 1. The Bertz CT molecular complexity index is 1230. The van der Waals surface area contributed by atoms with Crippen molar-refractivity contribution in [3.05, 3.63) is 94.7 Å². The zero-order valence-electron chi connectivity index (χ0n) is 17.2. The van der Waals surface area contributed by atoms with Gasteiger partial charge >= 0.3 is 0 Å². The topological polar surface area (TPSA) is 80.0 Å². The SMILES string of the molecule is CC1Cc2cc(C(O)=C3C(=O)C(=O)N(Cc4ccco4)C3c3ccc(F)cc3)ccc2O1.